The highest BCUT2D eigenvalue weighted by Crippen LogP contribution is 2.41. The van der Waals surface area contributed by atoms with Gasteiger partial charge in [-0.25, -0.2) is 9.78 Å². The van der Waals surface area contributed by atoms with Crippen LogP contribution < -0.4 is 0 Å². The molecule has 6 nitrogen and oxygen atoms in total. The van der Waals surface area contributed by atoms with Gasteiger partial charge in [-0.1, -0.05) is 0 Å². The van der Waals surface area contributed by atoms with E-state index in [2.05, 4.69) is 4.98 Å². The molecule has 0 aromatic carbocycles. The first kappa shape index (κ1) is 12.6. The second-order valence-corrected chi connectivity index (χ2v) is 5.66. The Hall–Kier alpha value is -1.47. The van der Waals surface area contributed by atoms with Gasteiger partial charge < -0.3 is 14.7 Å². The first-order valence-electron chi connectivity index (χ1n) is 6.24. The van der Waals surface area contributed by atoms with Crippen LogP contribution in [0.25, 0.3) is 0 Å². The minimum absolute atomic E-state index is 0.0424. The molecule has 1 aliphatic heterocycles. The van der Waals surface area contributed by atoms with Gasteiger partial charge in [0.25, 0.3) is 5.91 Å². The van der Waals surface area contributed by atoms with Crippen LogP contribution in [0.4, 0.5) is 0 Å². The van der Waals surface area contributed by atoms with Crippen LogP contribution in [0, 0.1) is 0 Å². The minimum Gasteiger partial charge on any atom is -0.480 e. The van der Waals surface area contributed by atoms with Crippen LogP contribution in [0.5, 0.6) is 0 Å². The number of ether oxygens (including phenoxy) is 1. The first-order chi connectivity index (χ1) is 9.16. The number of thiazole rings is 1. The zero-order valence-corrected chi connectivity index (χ0v) is 11.1. The van der Waals surface area contributed by atoms with Gasteiger partial charge >= 0.3 is 5.97 Å². The molecular weight excluding hydrogens is 268 g/mol. The Morgan fingerprint density at radius 1 is 1.47 bits per heavy atom. The van der Waals surface area contributed by atoms with Gasteiger partial charge in [-0.3, -0.25) is 4.79 Å². The number of carbonyl (C=O) groups excluding carboxylic acids is 1. The van der Waals surface area contributed by atoms with E-state index in [4.69, 9.17) is 9.84 Å². The number of morpholine rings is 1. The van der Waals surface area contributed by atoms with Gasteiger partial charge in [0, 0.05) is 17.8 Å². The molecular formula is C12H14N2O4S. The molecule has 1 aromatic heterocycles. The van der Waals surface area contributed by atoms with Crippen molar-refractivity contribution in [2.24, 2.45) is 0 Å². The zero-order valence-electron chi connectivity index (χ0n) is 10.2. The zero-order chi connectivity index (χ0) is 13.4. The SMILES string of the molecule is O=C(O)[C@@H]1COCCN1C(=O)c1csc(C2CC2)n1. The molecule has 19 heavy (non-hydrogen) atoms. The summed E-state index contributed by atoms with van der Waals surface area (Å²) in [6, 6.07) is -0.910. The summed E-state index contributed by atoms with van der Waals surface area (Å²) in [5, 5.41) is 11.8. The lowest BCUT2D eigenvalue weighted by atomic mass is 10.2. The molecule has 3 rings (SSSR count). The normalized spacial score (nSPS) is 23.4. The van der Waals surface area contributed by atoms with Crippen LogP contribution in [-0.4, -0.2) is 52.7 Å². The lowest BCUT2D eigenvalue weighted by molar-refractivity contribution is -0.147. The molecule has 0 spiro atoms. The van der Waals surface area contributed by atoms with E-state index in [-0.39, 0.29) is 12.5 Å². The smallest absolute Gasteiger partial charge is 0.328 e. The van der Waals surface area contributed by atoms with Gasteiger partial charge in [-0.05, 0) is 12.8 Å². The number of rotatable bonds is 3. The largest absolute Gasteiger partial charge is 0.480 e. The van der Waals surface area contributed by atoms with Gasteiger partial charge in [0.15, 0.2) is 6.04 Å². The highest BCUT2D eigenvalue weighted by atomic mass is 32.1. The van der Waals surface area contributed by atoms with Crippen molar-refractivity contribution in [3.05, 3.63) is 16.1 Å². The average molecular weight is 282 g/mol. The molecule has 2 aliphatic rings. The molecule has 2 fully saturated rings. The number of amides is 1. The molecule has 1 aliphatic carbocycles. The van der Waals surface area contributed by atoms with Crippen LogP contribution in [0.15, 0.2) is 5.38 Å². The molecule has 0 unspecified atom stereocenters. The minimum atomic E-state index is -1.04. The molecule has 0 bridgehead atoms. The van der Waals surface area contributed by atoms with Crippen LogP contribution in [-0.2, 0) is 9.53 Å². The second-order valence-electron chi connectivity index (χ2n) is 4.77. The Bertz CT molecular complexity index is 512. The maximum Gasteiger partial charge on any atom is 0.328 e. The topological polar surface area (TPSA) is 79.7 Å². The highest BCUT2D eigenvalue weighted by molar-refractivity contribution is 7.10. The number of aromatic nitrogens is 1. The van der Waals surface area contributed by atoms with Crippen molar-refractivity contribution in [3.63, 3.8) is 0 Å². The van der Waals surface area contributed by atoms with E-state index in [1.165, 1.54) is 16.2 Å². The van der Waals surface area contributed by atoms with Crippen molar-refractivity contribution >= 4 is 23.2 Å². The molecule has 1 atom stereocenters. The number of carbonyl (C=O) groups is 2. The van der Waals surface area contributed by atoms with Gasteiger partial charge in [0.05, 0.1) is 18.2 Å². The van der Waals surface area contributed by atoms with Crippen LogP contribution in [0.1, 0.15) is 34.3 Å². The van der Waals surface area contributed by atoms with Crippen LogP contribution >= 0.6 is 11.3 Å². The Morgan fingerprint density at radius 3 is 2.95 bits per heavy atom. The van der Waals surface area contributed by atoms with Crippen molar-refractivity contribution in [2.45, 2.75) is 24.8 Å². The number of hydrogen-bond acceptors (Lipinski definition) is 5. The van der Waals surface area contributed by atoms with Gasteiger partial charge in [0.1, 0.15) is 5.69 Å². The van der Waals surface area contributed by atoms with Gasteiger partial charge in [0.2, 0.25) is 0 Å². The fourth-order valence-corrected chi connectivity index (χ4v) is 3.07. The van der Waals surface area contributed by atoms with Crippen LogP contribution in [0.3, 0.4) is 0 Å². The van der Waals surface area contributed by atoms with E-state index >= 15 is 0 Å². The van der Waals surface area contributed by atoms with Gasteiger partial charge in [-0.15, -0.1) is 11.3 Å². The number of carboxylic acids is 1. The third-order valence-electron chi connectivity index (χ3n) is 3.34. The number of carboxylic acid groups (broad SMARTS) is 1. The summed E-state index contributed by atoms with van der Waals surface area (Å²) < 4.78 is 5.12. The second kappa shape index (κ2) is 4.90. The van der Waals surface area contributed by atoms with E-state index in [0.717, 1.165) is 17.8 Å². The average Bonchev–Trinajstić information content (AvgIpc) is 3.16. The van der Waals surface area contributed by atoms with Crippen molar-refractivity contribution in [1.82, 2.24) is 9.88 Å². The van der Waals surface area contributed by atoms with E-state index in [1.54, 1.807) is 5.38 Å². The monoisotopic (exact) mass is 282 g/mol. The summed E-state index contributed by atoms with van der Waals surface area (Å²) in [6.07, 6.45) is 2.27. The summed E-state index contributed by atoms with van der Waals surface area (Å²) in [5.41, 5.74) is 0.361. The Labute approximate surface area is 114 Å². The standard InChI is InChI=1S/C12H14N2O4S/c15-11(8-6-19-10(13-8)7-1-2-7)14-3-4-18-5-9(14)12(16)17/h6-7,9H,1-5H2,(H,16,17)/t9-/m0/s1. The fraction of sp³-hybridized carbons (Fsp3) is 0.583. The summed E-state index contributed by atoms with van der Waals surface area (Å²) in [7, 11) is 0. The summed E-state index contributed by atoms with van der Waals surface area (Å²) in [4.78, 5) is 29.1. The molecule has 1 amide bonds. The maximum atomic E-state index is 12.3. The number of aliphatic carboxylic acids is 1. The van der Waals surface area contributed by atoms with Crippen molar-refractivity contribution in [1.29, 1.82) is 0 Å². The van der Waals surface area contributed by atoms with E-state index in [0.29, 0.717) is 24.8 Å². The van der Waals surface area contributed by atoms with E-state index < -0.39 is 12.0 Å². The molecule has 0 radical (unpaired) electrons. The van der Waals surface area contributed by atoms with Crippen molar-refractivity contribution < 1.29 is 19.4 Å². The highest BCUT2D eigenvalue weighted by Gasteiger charge is 2.35. The quantitative estimate of drug-likeness (QED) is 0.892. The lowest BCUT2D eigenvalue weighted by Crippen LogP contribution is -2.52. The predicted molar refractivity (Wildman–Crippen MR) is 67.4 cm³/mol. The molecule has 1 saturated heterocycles. The molecule has 102 valence electrons. The fourth-order valence-electron chi connectivity index (χ4n) is 2.10. The molecule has 2 heterocycles. The maximum absolute atomic E-state index is 12.3. The summed E-state index contributed by atoms with van der Waals surface area (Å²) in [5.74, 6) is -0.837. The van der Waals surface area contributed by atoms with E-state index in [1.807, 2.05) is 0 Å². The Kier molecular flexibility index (Phi) is 3.24. The van der Waals surface area contributed by atoms with E-state index in [9.17, 15) is 9.59 Å². The van der Waals surface area contributed by atoms with Crippen LogP contribution in [0.2, 0.25) is 0 Å². The molecule has 1 N–H and O–H groups in total. The molecule has 1 saturated carbocycles. The van der Waals surface area contributed by atoms with Gasteiger partial charge in [-0.2, -0.15) is 0 Å². The van der Waals surface area contributed by atoms with Crippen molar-refractivity contribution in [3.8, 4) is 0 Å². The summed E-state index contributed by atoms with van der Waals surface area (Å²) in [6.45, 7) is 0.710. The van der Waals surface area contributed by atoms with Crippen molar-refractivity contribution in [2.75, 3.05) is 19.8 Å². The lowest BCUT2D eigenvalue weighted by Gasteiger charge is -2.32. The molecule has 1 aromatic rings. The number of hydrogen-bond donors (Lipinski definition) is 1. The third-order valence-corrected chi connectivity index (χ3v) is 4.35. The summed E-state index contributed by atoms with van der Waals surface area (Å²) >= 11 is 1.48. The Morgan fingerprint density at radius 2 is 2.26 bits per heavy atom. The first-order valence-corrected chi connectivity index (χ1v) is 7.11. The predicted octanol–water partition coefficient (Wildman–Crippen LogP) is 0.946. The Balaban J connectivity index is 1.78. The number of nitrogens with zero attached hydrogens (tertiary/aromatic N) is 2. The molecule has 7 heteroatoms. The third kappa shape index (κ3) is 2.48.